The summed E-state index contributed by atoms with van der Waals surface area (Å²) in [5.74, 6) is 0. The van der Waals surface area contributed by atoms with Crippen LogP contribution in [0.1, 0.15) is 11.1 Å². The van der Waals surface area contributed by atoms with Crippen molar-refractivity contribution in [2.24, 2.45) is 0 Å². The Kier molecular flexibility index (Phi) is 3.11. The average Bonchev–Trinajstić information content (AvgIpc) is 2.46. The lowest BCUT2D eigenvalue weighted by atomic mass is 10.1. The van der Waals surface area contributed by atoms with Crippen molar-refractivity contribution in [2.45, 2.75) is 13.5 Å². The maximum atomic E-state index is 4.39. The zero-order valence-electron chi connectivity index (χ0n) is 10.8. The Morgan fingerprint density at radius 2 is 2.05 bits per heavy atom. The van der Waals surface area contributed by atoms with Crippen LogP contribution in [0.5, 0.6) is 0 Å². The van der Waals surface area contributed by atoms with E-state index in [1.165, 1.54) is 11.1 Å². The quantitative estimate of drug-likeness (QED) is 0.771. The van der Waals surface area contributed by atoms with Crippen LogP contribution < -0.4 is 5.32 Å². The minimum atomic E-state index is 0.765. The fourth-order valence-corrected chi connectivity index (χ4v) is 2.11. The highest BCUT2D eigenvalue weighted by atomic mass is 14.9. The summed E-state index contributed by atoms with van der Waals surface area (Å²) in [6.45, 7) is 2.86. The van der Waals surface area contributed by atoms with Crippen LogP contribution in [0.15, 0.2) is 55.0 Å². The van der Waals surface area contributed by atoms with Gasteiger partial charge in [0, 0.05) is 36.2 Å². The minimum absolute atomic E-state index is 0.765. The van der Waals surface area contributed by atoms with Crippen LogP contribution in [0, 0.1) is 6.92 Å². The minimum Gasteiger partial charge on any atom is -0.380 e. The molecule has 1 aromatic carbocycles. The number of fused-ring (bicyclic) bond motifs is 1. The molecule has 0 fully saturated rings. The molecule has 0 amide bonds. The van der Waals surface area contributed by atoms with E-state index in [9.17, 15) is 0 Å². The van der Waals surface area contributed by atoms with E-state index in [1.54, 1.807) is 6.20 Å². The van der Waals surface area contributed by atoms with E-state index in [0.29, 0.717) is 0 Å². The normalized spacial score (nSPS) is 10.6. The second-order valence-electron chi connectivity index (χ2n) is 4.59. The van der Waals surface area contributed by atoms with Crippen LogP contribution in [-0.2, 0) is 6.54 Å². The van der Waals surface area contributed by atoms with Gasteiger partial charge in [-0.2, -0.15) is 0 Å². The summed E-state index contributed by atoms with van der Waals surface area (Å²) >= 11 is 0. The van der Waals surface area contributed by atoms with Crippen LogP contribution in [-0.4, -0.2) is 9.97 Å². The fourth-order valence-electron chi connectivity index (χ4n) is 2.11. The molecule has 94 valence electrons. The molecule has 0 aliphatic carbocycles. The number of nitrogens with zero attached hydrogens (tertiary/aromatic N) is 2. The van der Waals surface area contributed by atoms with Gasteiger partial charge in [0.1, 0.15) is 0 Å². The molecule has 3 aromatic rings. The molecular formula is C16H15N3. The van der Waals surface area contributed by atoms with Crippen LogP contribution in [0.4, 0.5) is 5.69 Å². The van der Waals surface area contributed by atoms with Crippen molar-refractivity contribution in [3.63, 3.8) is 0 Å². The van der Waals surface area contributed by atoms with Gasteiger partial charge in [-0.05, 0) is 36.8 Å². The summed E-state index contributed by atoms with van der Waals surface area (Å²) in [4.78, 5) is 8.51. The van der Waals surface area contributed by atoms with Crippen molar-refractivity contribution in [2.75, 3.05) is 5.32 Å². The number of aryl methyl sites for hydroxylation is 1. The van der Waals surface area contributed by atoms with E-state index in [0.717, 1.165) is 23.1 Å². The highest BCUT2D eigenvalue weighted by Gasteiger charge is 2.02. The molecule has 0 saturated heterocycles. The van der Waals surface area contributed by atoms with Gasteiger partial charge in [-0.3, -0.25) is 9.97 Å². The Labute approximate surface area is 112 Å². The maximum absolute atomic E-state index is 4.39. The van der Waals surface area contributed by atoms with E-state index < -0.39 is 0 Å². The summed E-state index contributed by atoms with van der Waals surface area (Å²) in [7, 11) is 0. The number of rotatable bonds is 3. The van der Waals surface area contributed by atoms with Crippen molar-refractivity contribution in [3.8, 4) is 0 Å². The van der Waals surface area contributed by atoms with Crippen molar-refractivity contribution in [1.82, 2.24) is 9.97 Å². The second-order valence-corrected chi connectivity index (χ2v) is 4.59. The van der Waals surface area contributed by atoms with Crippen molar-refractivity contribution < 1.29 is 0 Å². The highest BCUT2D eigenvalue weighted by molar-refractivity contribution is 5.91. The molecule has 0 aliphatic rings. The molecule has 0 bridgehead atoms. The third kappa shape index (κ3) is 2.55. The second kappa shape index (κ2) is 5.06. The lowest BCUT2D eigenvalue weighted by Gasteiger charge is -2.09. The number of anilines is 1. The predicted octanol–water partition coefficient (Wildman–Crippen LogP) is 3.55. The zero-order chi connectivity index (χ0) is 13.1. The van der Waals surface area contributed by atoms with Gasteiger partial charge in [0.05, 0.1) is 5.52 Å². The van der Waals surface area contributed by atoms with Gasteiger partial charge in [0.2, 0.25) is 0 Å². The summed E-state index contributed by atoms with van der Waals surface area (Å²) in [6, 6.07) is 12.3. The highest BCUT2D eigenvalue weighted by Crippen LogP contribution is 2.23. The first-order valence-corrected chi connectivity index (χ1v) is 6.31. The molecule has 3 heteroatoms. The maximum Gasteiger partial charge on any atom is 0.0722 e. The van der Waals surface area contributed by atoms with Crippen molar-refractivity contribution >= 4 is 16.6 Å². The topological polar surface area (TPSA) is 37.8 Å². The zero-order valence-corrected chi connectivity index (χ0v) is 10.8. The summed E-state index contributed by atoms with van der Waals surface area (Å²) < 4.78 is 0. The molecule has 0 aliphatic heterocycles. The third-order valence-corrected chi connectivity index (χ3v) is 3.10. The molecule has 0 spiro atoms. The number of hydrogen-bond donors (Lipinski definition) is 1. The van der Waals surface area contributed by atoms with Crippen LogP contribution >= 0.6 is 0 Å². The number of pyridine rings is 2. The summed E-state index contributed by atoms with van der Waals surface area (Å²) in [5.41, 5.74) is 4.53. The molecular weight excluding hydrogens is 234 g/mol. The molecule has 2 aromatic heterocycles. The Hall–Kier alpha value is -2.42. The lowest BCUT2D eigenvalue weighted by molar-refractivity contribution is 1.11. The van der Waals surface area contributed by atoms with Gasteiger partial charge in [-0.15, -0.1) is 0 Å². The van der Waals surface area contributed by atoms with E-state index in [-0.39, 0.29) is 0 Å². The largest absolute Gasteiger partial charge is 0.380 e. The smallest absolute Gasteiger partial charge is 0.0722 e. The van der Waals surface area contributed by atoms with Gasteiger partial charge in [0.25, 0.3) is 0 Å². The van der Waals surface area contributed by atoms with Crippen molar-refractivity contribution in [1.29, 1.82) is 0 Å². The number of aromatic nitrogens is 2. The SMILES string of the molecule is Cc1ccc2nccc(NCc3cccnc3)c2c1. The molecule has 3 rings (SSSR count). The molecule has 2 heterocycles. The molecule has 0 atom stereocenters. The third-order valence-electron chi connectivity index (χ3n) is 3.10. The van der Waals surface area contributed by atoms with E-state index in [2.05, 4.69) is 46.5 Å². The van der Waals surface area contributed by atoms with Crippen LogP contribution in [0.3, 0.4) is 0 Å². The molecule has 19 heavy (non-hydrogen) atoms. The van der Waals surface area contributed by atoms with Gasteiger partial charge in [0.15, 0.2) is 0 Å². The summed E-state index contributed by atoms with van der Waals surface area (Å²) in [5, 5.41) is 4.61. The first-order valence-electron chi connectivity index (χ1n) is 6.31. The van der Waals surface area contributed by atoms with Gasteiger partial charge in [-0.25, -0.2) is 0 Å². The van der Waals surface area contributed by atoms with E-state index in [1.807, 2.05) is 24.5 Å². The number of benzene rings is 1. The molecule has 1 N–H and O–H groups in total. The number of hydrogen-bond acceptors (Lipinski definition) is 3. The van der Waals surface area contributed by atoms with Gasteiger partial charge < -0.3 is 5.32 Å². The van der Waals surface area contributed by atoms with Gasteiger partial charge in [-0.1, -0.05) is 17.7 Å². The monoisotopic (exact) mass is 249 g/mol. The van der Waals surface area contributed by atoms with Crippen molar-refractivity contribution in [3.05, 3.63) is 66.1 Å². The first kappa shape index (κ1) is 11.7. The molecule has 0 unspecified atom stereocenters. The average molecular weight is 249 g/mol. The van der Waals surface area contributed by atoms with E-state index in [4.69, 9.17) is 0 Å². The predicted molar refractivity (Wildman–Crippen MR) is 78.0 cm³/mol. The Bertz CT molecular complexity index is 693. The lowest BCUT2D eigenvalue weighted by Crippen LogP contribution is -2.00. The molecule has 3 nitrogen and oxygen atoms in total. The first-order chi connectivity index (χ1) is 9.33. The molecule has 0 saturated carbocycles. The Morgan fingerprint density at radius 1 is 1.11 bits per heavy atom. The summed E-state index contributed by atoms with van der Waals surface area (Å²) in [6.07, 6.45) is 5.50. The fraction of sp³-hybridized carbons (Fsp3) is 0.125. The molecule has 0 radical (unpaired) electrons. The van der Waals surface area contributed by atoms with Gasteiger partial charge >= 0.3 is 0 Å². The standard InChI is InChI=1S/C16H15N3/c1-12-4-5-15-14(9-12)16(6-8-18-15)19-11-13-3-2-7-17-10-13/h2-10H,11H2,1H3,(H,18,19). The Balaban J connectivity index is 1.90. The van der Waals surface area contributed by atoms with Crippen LogP contribution in [0.25, 0.3) is 10.9 Å². The van der Waals surface area contributed by atoms with E-state index >= 15 is 0 Å². The van der Waals surface area contributed by atoms with Crippen LogP contribution in [0.2, 0.25) is 0 Å². The Morgan fingerprint density at radius 3 is 2.89 bits per heavy atom. The number of nitrogens with one attached hydrogen (secondary N) is 1.